The van der Waals surface area contributed by atoms with Crippen LogP contribution in [0.2, 0.25) is 0 Å². The molecule has 0 saturated carbocycles. The molecule has 0 atom stereocenters. The van der Waals surface area contributed by atoms with Gasteiger partial charge in [0.05, 0.1) is 0 Å². The third-order valence-electron chi connectivity index (χ3n) is 2.99. The van der Waals surface area contributed by atoms with E-state index >= 15 is 0 Å². The minimum absolute atomic E-state index is 0.357. The molecule has 1 N–H and O–H groups in total. The zero-order valence-electron chi connectivity index (χ0n) is 13.4. The maximum absolute atomic E-state index is 9.32. The molecular weight excluding hydrogens is 272 g/mol. The van der Waals surface area contributed by atoms with Gasteiger partial charge in [0.15, 0.2) is 0 Å². The fraction of sp³-hybridized carbons (Fsp3) is 0.200. The highest BCUT2D eigenvalue weighted by molar-refractivity contribution is 5.36. The monoisotopic (exact) mass is 296 g/mol. The van der Waals surface area contributed by atoms with Crippen molar-refractivity contribution in [2.45, 2.75) is 20.3 Å². The molecule has 2 aromatic carbocycles. The van der Waals surface area contributed by atoms with E-state index in [2.05, 4.69) is 20.1 Å². The second kappa shape index (κ2) is 9.46. The lowest BCUT2D eigenvalue weighted by Crippen LogP contribution is -1.91. The van der Waals surface area contributed by atoms with Crippen molar-refractivity contribution in [2.75, 3.05) is 6.61 Å². The van der Waals surface area contributed by atoms with E-state index in [-0.39, 0.29) is 0 Å². The van der Waals surface area contributed by atoms with E-state index in [1.165, 1.54) is 11.1 Å². The van der Waals surface area contributed by atoms with E-state index in [0.29, 0.717) is 12.4 Å². The van der Waals surface area contributed by atoms with Crippen molar-refractivity contribution in [3.63, 3.8) is 0 Å². The highest BCUT2D eigenvalue weighted by Gasteiger charge is 1.97. The summed E-state index contributed by atoms with van der Waals surface area (Å²) in [7, 11) is 0. The summed E-state index contributed by atoms with van der Waals surface area (Å²) in [5.74, 6) is 1.26. The lowest BCUT2D eigenvalue weighted by atomic mass is 10.1. The van der Waals surface area contributed by atoms with Gasteiger partial charge in [-0.25, -0.2) is 0 Å². The number of hydrogen-bond donors (Lipinski definition) is 1. The van der Waals surface area contributed by atoms with Gasteiger partial charge in [-0.05, 0) is 44.0 Å². The number of phenolic OH excluding ortho intramolecular Hbond substituents is 1. The molecule has 0 amide bonds. The van der Waals surface area contributed by atoms with Crippen LogP contribution in [0.1, 0.15) is 16.7 Å². The van der Waals surface area contributed by atoms with Crippen LogP contribution in [-0.2, 0) is 6.42 Å². The molecule has 116 valence electrons. The Hall–Kier alpha value is -2.48. The summed E-state index contributed by atoms with van der Waals surface area (Å²) >= 11 is 0. The first-order valence-electron chi connectivity index (χ1n) is 7.26. The lowest BCUT2D eigenvalue weighted by Gasteiger charge is -2.01. The van der Waals surface area contributed by atoms with Crippen molar-refractivity contribution >= 4 is 0 Å². The molecule has 0 aliphatic carbocycles. The molecule has 0 heterocycles. The van der Waals surface area contributed by atoms with Crippen molar-refractivity contribution in [2.24, 2.45) is 0 Å². The third kappa shape index (κ3) is 6.31. The molecular formula is C20H24O2. The van der Waals surface area contributed by atoms with Gasteiger partial charge in [0.2, 0.25) is 0 Å². The van der Waals surface area contributed by atoms with E-state index in [4.69, 9.17) is 4.74 Å². The second-order valence-electron chi connectivity index (χ2n) is 5.04. The molecule has 0 aliphatic rings. The summed E-state index contributed by atoms with van der Waals surface area (Å²) in [6.07, 6.45) is 4.25. The van der Waals surface area contributed by atoms with Crippen molar-refractivity contribution in [3.05, 3.63) is 84.5 Å². The molecule has 0 aliphatic heterocycles. The Balaban J connectivity index is 0.000000220. The van der Waals surface area contributed by atoms with E-state index < -0.39 is 0 Å². The predicted molar refractivity (Wildman–Crippen MR) is 93.6 cm³/mol. The van der Waals surface area contributed by atoms with Crippen LogP contribution in [0.3, 0.4) is 0 Å². The van der Waals surface area contributed by atoms with Crippen molar-refractivity contribution in [3.8, 4) is 11.5 Å². The SMILES string of the molecule is C=CCOc1ccc(C)cc1.C=CCc1cc(C)ccc1O. The standard InChI is InChI=1S/2C10H12O/c1-3-8-11-10-6-4-9(2)5-7-10;1-3-4-9-7-8(2)5-6-10(9)11/h3-7H,1,8H2,2H3;3,5-7,11H,1,4H2,2H3. The van der Waals surface area contributed by atoms with E-state index in [9.17, 15) is 5.11 Å². The number of benzene rings is 2. The zero-order chi connectivity index (χ0) is 16.4. The normalized spacial score (nSPS) is 9.36. The molecule has 0 saturated heterocycles. The fourth-order valence-electron chi connectivity index (χ4n) is 1.82. The molecule has 0 fully saturated rings. The number of ether oxygens (including phenoxy) is 1. The summed E-state index contributed by atoms with van der Waals surface area (Å²) in [5.41, 5.74) is 3.36. The molecule has 0 radical (unpaired) electrons. The first kappa shape index (κ1) is 17.6. The molecule has 2 rings (SSSR count). The average molecular weight is 296 g/mol. The Morgan fingerprint density at radius 3 is 2.18 bits per heavy atom. The Kier molecular flexibility index (Phi) is 7.55. The minimum Gasteiger partial charge on any atom is -0.508 e. The minimum atomic E-state index is 0.357. The van der Waals surface area contributed by atoms with Crippen LogP contribution in [0, 0.1) is 13.8 Å². The summed E-state index contributed by atoms with van der Waals surface area (Å²) < 4.78 is 5.29. The lowest BCUT2D eigenvalue weighted by molar-refractivity contribution is 0.363. The number of phenols is 1. The van der Waals surface area contributed by atoms with Gasteiger partial charge in [-0.3, -0.25) is 0 Å². The van der Waals surface area contributed by atoms with Crippen LogP contribution in [0.5, 0.6) is 11.5 Å². The van der Waals surface area contributed by atoms with E-state index in [1.54, 1.807) is 18.2 Å². The Bertz CT molecular complexity index is 598. The number of aromatic hydroxyl groups is 1. The molecule has 2 aromatic rings. The van der Waals surface area contributed by atoms with Gasteiger partial charge in [0.1, 0.15) is 18.1 Å². The fourth-order valence-corrected chi connectivity index (χ4v) is 1.82. The summed E-state index contributed by atoms with van der Waals surface area (Å²) in [6, 6.07) is 13.5. The van der Waals surface area contributed by atoms with Crippen LogP contribution < -0.4 is 4.74 Å². The van der Waals surface area contributed by atoms with Crippen LogP contribution >= 0.6 is 0 Å². The quantitative estimate of drug-likeness (QED) is 0.788. The second-order valence-corrected chi connectivity index (χ2v) is 5.04. The molecule has 22 heavy (non-hydrogen) atoms. The number of aryl methyl sites for hydroxylation is 2. The van der Waals surface area contributed by atoms with Gasteiger partial charge in [0.25, 0.3) is 0 Å². The van der Waals surface area contributed by atoms with E-state index in [0.717, 1.165) is 17.7 Å². The Labute approximate surface area is 133 Å². The van der Waals surface area contributed by atoms with E-state index in [1.807, 2.05) is 43.3 Å². The van der Waals surface area contributed by atoms with Crippen LogP contribution in [0.25, 0.3) is 0 Å². The van der Waals surface area contributed by atoms with Crippen LogP contribution in [-0.4, -0.2) is 11.7 Å². The molecule has 0 unspecified atom stereocenters. The van der Waals surface area contributed by atoms with Crippen LogP contribution in [0.4, 0.5) is 0 Å². The summed E-state index contributed by atoms with van der Waals surface area (Å²) in [4.78, 5) is 0. The summed E-state index contributed by atoms with van der Waals surface area (Å²) in [6.45, 7) is 11.8. The number of allylic oxidation sites excluding steroid dienone is 1. The summed E-state index contributed by atoms with van der Waals surface area (Å²) in [5, 5.41) is 9.32. The largest absolute Gasteiger partial charge is 0.508 e. The van der Waals surface area contributed by atoms with Gasteiger partial charge in [-0.1, -0.05) is 54.1 Å². The molecule has 2 heteroatoms. The maximum atomic E-state index is 9.32. The molecule has 0 spiro atoms. The van der Waals surface area contributed by atoms with Gasteiger partial charge in [-0.2, -0.15) is 0 Å². The Morgan fingerprint density at radius 1 is 0.955 bits per heavy atom. The van der Waals surface area contributed by atoms with Crippen molar-refractivity contribution in [1.29, 1.82) is 0 Å². The topological polar surface area (TPSA) is 29.5 Å². The van der Waals surface area contributed by atoms with Gasteiger partial charge in [0, 0.05) is 0 Å². The predicted octanol–water partition coefficient (Wildman–Crippen LogP) is 4.99. The highest BCUT2D eigenvalue weighted by Crippen LogP contribution is 2.18. The van der Waals surface area contributed by atoms with Crippen molar-refractivity contribution < 1.29 is 9.84 Å². The van der Waals surface area contributed by atoms with Crippen LogP contribution in [0.15, 0.2) is 67.8 Å². The average Bonchev–Trinajstić information content (AvgIpc) is 2.51. The molecule has 2 nitrogen and oxygen atoms in total. The van der Waals surface area contributed by atoms with Gasteiger partial charge >= 0.3 is 0 Å². The molecule has 0 bridgehead atoms. The molecule has 0 aromatic heterocycles. The number of hydrogen-bond acceptors (Lipinski definition) is 2. The number of rotatable bonds is 5. The highest BCUT2D eigenvalue weighted by atomic mass is 16.5. The zero-order valence-corrected chi connectivity index (χ0v) is 13.4. The third-order valence-corrected chi connectivity index (χ3v) is 2.99. The van der Waals surface area contributed by atoms with Gasteiger partial charge in [-0.15, -0.1) is 6.58 Å². The Morgan fingerprint density at radius 2 is 1.59 bits per heavy atom. The smallest absolute Gasteiger partial charge is 0.119 e. The maximum Gasteiger partial charge on any atom is 0.119 e. The first-order chi connectivity index (χ1) is 10.6. The van der Waals surface area contributed by atoms with Gasteiger partial charge < -0.3 is 9.84 Å². The van der Waals surface area contributed by atoms with Crippen molar-refractivity contribution in [1.82, 2.24) is 0 Å². The first-order valence-corrected chi connectivity index (χ1v) is 7.26.